The molecule has 0 atom stereocenters. The van der Waals surface area contributed by atoms with E-state index in [1.807, 2.05) is 27.7 Å². The van der Waals surface area contributed by atoms with Gasteiger partial charge in [-0.3, -0.25) is 0 Å². The second-order valence-corrected chi connectivity index (χ2v) is 3.86. The zero-order chi connectivity index (χ0) is 9.07. The van der Waals surface area contributed by atoms with Crippen LogP contribution in [0.2, 0.25) is 0 Å². The lowest BCUT2D eigenvalue weighted by molar-refractivity contribution is 0.222. The predicted octanol–water partition coefficient (Wildman–Crippen LogP) is 3.05. The molecule has 0 saturated heterocycles. The van der Waals surface area contributed by atoms with Gasteiger partial charge in [-0.05, 0) is 11.8 Å². The Balaban J connectivity index is 4.65. The first-order valence-electron chi connectivity index (χ1n) is 3.98. The topological polar surface area (TPSA) is 23.8 Å². The Labute approximate surface area is 74.4 Å². The Morgan fingerprint density at radius 1 is 1.27 bits per heavy atom. The molecule has 0 aromatic rings. The molecular formula is C9H16ClN. The molecule has 0 fully saturated rings. The summed E-state index contributed by atoms with van der Waals surface area (Å²) in [6, 6.07) is 2.33. The molecule has 0 amide bonds. The van der Waals surface area contributed by atoms with E-state index in [1.165, 1.54) is 0 Å². The SMILES string of the molecule is CC(C)C(C#N)(CCl)C(C)C. The maximum Gasteiger partial charge on any atom is 0.0754 e. The number of nitriles is 1. The molecule has 0 saturated carbocycles. The van der Waals surface area contributed by atoms with E-state index in [0.717, 1.165) is 0 Å². The van der Waals surface area contributed by atoms with Crippen LogP contribution in [0.15, 0.2) is 0 Å². The summed E-state index contributed by atoms with van der Waals surface area (Å²) in [5.74, 6) is 1.08. The Morgan fingerprint density at radius 3 is 1.64 bits per heavy atom. The predicted molar refractivity (Wildman–Crippen MR) is 48.4 cm³/mol. The lowest BCUT2D eigenvalue weighted by Gasteiger charge is -2.32. The zero-order valence-electron chi connectivity index (χ0n) is 7.69. The van der Waals surface area contributed by atoms with Gasteiger partial charge < -0.3 is 0 Å². The van der Waals surface area contributed by atoms with Crippen molar-refractivity contribution in [1.29, 1.82) is 5.26 Å². The number of rotatable bonds is 3. The fourth-order valence-corrected chi connectivity index (χ4v) is 1.94. The highest BCUT2D eigenvalue weighted by Crippen LogP contribution is 2.36. The van der Waals surface area contributed by atoms with Crippen LogP contribution >= 0.6 is 11.6 Å². The zero-order valence-corrected chi connectivity index (χ0v) is 8.44. The first-order chi connectivity index (χ1) is 5.01. The summed E-state index contributed by atoms with van der Waals surface area (Å²) in [7, 11) is 0. The summed E-state index contributed by atoms with van der Waals surface area (Å²) in [6.45, 7) is 8.19. The number of hydrogen-bond acceptors (Lipinski definition) is 1. The first-order valence-corrected chi connectivity index (χ1v) is 4.52. The Bertz CT molecular complexity index is 147. The molecule has 1 nitrogen and oxygen atoms in total. The molecule has 0 bridgehead atoms. The van der Waals surface area contributed by atoms with Crippen LogP contribution < -0.4 is 0 Å². The van der Waals surface area contributed by atoms with Crippen molar-refractivity contribution in [3.05, 3.63) is 0 Å². The fraction of sp³-hybridized carbons (Fsp3) is 0.889. The van der Waals surface area contributed by atoms with Gasteiger partial charge in [-0.2, -0.15) is 5.26 Å². The average Bonchev–Trinajstić information content (AvgIpc) is 1.90. The smallest absolute Gasteiger partial charge is 0.0754 e. The third-order valence-corrected chi connectivity index (χ3v) is 2.93. The molecule has 0 aliphatic carbocycles. The number of halogens is 1. The van der Waals surface area contributed by atoms with Crippen molar-refractivity contribution in [2.24, 2.45) is 17.3 Å². The van der Waals surface area contributed by atoms with Crippen LogP contribution in [0.5, 0.6) is 0 Å². The molecule has 0 aliphatic heterocycles. The van der Waals surface area contributed by atoms with Crippen molar-refractivity contribution < 1.29 is 0 Å². The molecule has 0 aromatic carbocycles. The van der Waals surface area contributed by atoms with E-state index in [9.17, 15) is 0 Å². The van der Waals surface area contributed by atoms with Gasteiger partial charge in [-0.1, -0.05) is 27.7 Å². The summed E-state index contributed by atoms with van der Waals surface area (Å²) in [6.07, 6.45) is 0. The number of nitrogens with zero attached hydrogens (tertiary/aromatic N) is 1. The molecule has 0 N–H and O–H groups in total. The maximum atomic E-state index is 8.98. The highest BCUT2D eigenvalue weighted by molar-refractivity contribution is 6.18. The van der Waals surface area contributed by atoms with Crippen molar-refractivity contribution in [3.63, 3.8) is 0 Å². The first kappa shape index (κ1) is 10.8. The van der Waals surface area contributed by atoms with Crippen molar-refractivity contribution >= 4 is 11.6 Å². The van der Waals surface area contributed by atoms with Gasteiger partial charge >= 0.3 is 0 Å². The Hall–Kier alpha value is -0.220. The average molecular weight is 174 g/mol. The summed E-state index contributed by atoms with van der Waals surface area (Å²) >= 11 is 5.79. The highest BCUT2D eigenvalue weighted by Gasteiger charge is 2.36. The van der Waals surface area contributed by atoms with Crippen molar-refractivity contribution in [2.45, 2.75) is 27.7 Å². The van der Waals surface area contributed by atoms with Gasteiger partial charge in [-0.25, -0.2) is 0 Å². The molecule has 64 valence electrons. The van der Waals surface area contributed by atoms with Crippen molar-refractivity contribution in [1.82, 2.24) is 0 Å². The van der Waals surface area contributed by atoms with Gasteiger partial charge in [0.2, 0.25) is 0 Å². The van der Waals surface area contributed by atoms with Gasteiger partial charge in [0.15, 0.2) is 0 Å². The van der Waals surface area contributed by atoms with Crippen LogP contribution in [-0.4, -0.2) is 5.88 Å². The normalized spacial score (nSPS) is 12.2. The van der Waals surface area contributed by atoms with Crippen LogP contribution in [0.4, 0.5) is 0 Å². The van der Waals surface area contributed by atoms with E-state index in [2.05, 4.69) is 6.07 Å². The number of hydrogen-bond donors (Lipinski definition) is 0. The van der Waals surface area contributed by atoms with Gasteiger partial charge in [0.05, 0.1) is 11.5 Å². The third kappa shape index (κ3) is 1.87. The fourth-order valence-electron chi connectivity index (χ4n) is 1.26. The lowest BCUT2D eigenvalue weighted by atomic mass is 9.72. The molecule has 0 aromatic heterocycles. The monoisotopic (exact) mass is 173 g/mol. The van der Waals surface area contributed by atoms with E-state index < -0.39 is 0 Å². The molecular weight excluding hydrogens is 158 g/mol. The van der Waals surface area contributed by atoms with Gasteiger partial charge in [-0.15, -0.1) is 11.6 Å². The van der Waals surface area contributed by atoms with E-state index in [-0.39, 0.29) is 5.41 Å². The lowest BCUT2D eigenvalue weighted by Crippen LogP contribution is -2.33. The van der Waals surface area contributed by atoms with Crippen molar-refractivity contribution in [2.75, 3.05) is 5.88 Å². The van der Waals surface area contributed by atoms with Crippen LogP contribution in [0.1, 0.15) is 27.7 Å². The van der Waals surface area contributed by atoms with Gasteiger partial charge in [0.1, 0.15) is 0 Å². The second-order valence-electron chi connectivity index (χ2n) is 3.60. The standard InChI is InChI=1S/C9H16ClN/c1-7(2)9(5-10,6-11)8(3)4/h7-8H,5H2,1-4H3. The maximum absolute atomic E-state index is 8.98. The van der Waals surface area contributed by atoms with Gasteiger partial charge in [0.25, 0.3) is 0 Å². The van der Waals surface area contributed by atoms with E-state index in [0.29, 0.717) is 17.7 Å². The van der Waals surface area contributed by atoms with E-state index in [1.54, 1.807) is 0 Å². The minimum atomic E-state index is -0.346. The molecule has 0 radical (unpaired) electrons. The Morgan fingerprint density at radius 2 is 1.64 bits per heavy atom. The molecule has 0 heterocycles. The van der Waals surface area contributed by atoms with E-state index >= 15 is 0 Å². The minimum Gasteiger partial charge on any atom is -0.198 e. The summed E-state index contributed by atoms with van der Waals surface area (Å²) in [4.78, 5) is 0. The molecule has 0 aliphatic rings. The summed E-state index contributed by atoms with van der Waals surface area (Å²) < 4.78 is 0. The quantitative estimate of drug-likeness (QED) is 0.602. The highest BCUT2D eigenvalue weighted by atomic mass is 35.5. The number of alkyl halides is 1. The minimum absolute atomic E-state index is 0.324. The van der Waals surface area contributed by atoms with Crippen LogP contribution in [0.25, 0.3) is 0 Å². The molecule has 2 heteroatoms. The van der Waals surface area contributed by atoms with Crippen LogP contribution in [0.3, 0.4) is 0 Å². The third-order valence-electron chi connectivity index (χ3n) is 2.49. The Kier molecular flexibility index (Phi) is 3.89. The summed E-state index contributed by atoms with van der Waals surface area (Å²) in [5, 5.41) is 8.98. The second kappa shape index (κ2) is 3.97. The molecule has 11 heavy (non-hydrogen) atoms. The largest absolute Gasteiger partial charge is 0.198 e. The molecule has 0 unspecified atom stereocenters. The van der Waals surface area contributed by atoms with Gasteiger partial charge in [0, 0.05) is 5.88 Å². The van der Waals surface area contributed by atoms with Crippen LogP contribution in [-0.2, 0) is 0 Å². The molecule has 0 spiro atoms. The van der Waals surface area contributed by atoms with E-state index in [4.69, 9.17) is 16.9 Å². The van der Waals surface area contributed by atoms with Crippen LogP contribution in [0, 0.1) is 28.6 Å². The van der Waals surface area contributed by atoms with Crippen molar-refractivity contribution in [3.8, 4) is 6.07 Å². The molecule has 0 rings (SSSR count). The summed E-state index contributed by atoms with van der Waals surface area (Å²) in [5.41, 5.74) is -0.346.